The van der Waals surface area contributed by atoms with Crippen molar-refractivity contribution in [3.8, 4) is 0 Å². The number of aromatic amines is 1. The number of nitrogens with one attached hydrogen (secondary N) is 3. The molecule has 3 aromatic rings. The molecule has 0 spiro atoms. The third kappa shape index (κ3) is 5.87. The van der Waals surface area contributed by atoms with Gasteiger partial charge in [0.2, 0.25) is 0 Å². The Bertz CT molecular complexity index is 1410. The van der Waals surface area contributed by atoms with Crippen LogP contribution in [0.3, 0.4) is 0 Å². The number of benzene rings is 2. The quantitative estimate of drug-likeness (QED) is 0.227. The van der Waals surface area contributed by atoms with Crippen LogP contribution >= 0.6 is 23.4 Å². The van der Waals surface area contributed by atoms with E-state index in [0.29, 0.717) is 44.5 Å². The number of hydrogen-bond donors (Lipinski definition) is 3. The van der Waals surface area contributed by atoms with Crippen LogP contribution in [0.25, 0.3) is 11.6 Å². The number of aromatic nitrogens is 1. The zero-order valence-electron chi connectivity index (χ0n) is 21.3. The topological polar surface area (TPSA) is 91.1 Å². The Hall–Kier alpha value is -2.81. The van der Waals surface area contributed by atoms with Crippen LogP contribution in [0.15, 0.2) is 41.3 Å². The van der Waals surface area contributed by atoms with E-state index >= 15 is 0 Å². The molecule has 37 heavy (non-hydrogen) atoms. The zero-order valence-corrected chi connectivity index (χ0v) is 23.7. The van der Waals surface area contributed by atoms with E-state index in [1.807, 2.05) is 32.9 Å². The lowest BCUT2D eigenvalue weighted by Gasteiger charge is -2.09. The van der Waals surface area contributed by atoms with Crippen molar-refractivity contribution in [2.75, 3.05) is 23.4 Å². The van der Waals surface area contributed by atoms with E-state index in [1.54, 1.807) is 42.1 Å². The number of thioether (sulfide) groups is 1. The summed E-state index contributed by atoms with van der Waals surface area (Å²) >= 11 is 8.12. The second kappa shape index (κ2) is 11.7. The summed E-state index contributed by atoms with van der Waals surface area (Å²) in [5, 5.41) is 6.45. The fraction of sp³-hybridized carbons (Fsp3) is 0.286. The predicted octanol–water partition coefficient (Wildman–Crippen LogP) is 5.88. The summed E-state index contributed by atoms with van der Waals surface area (Å²) in [6.45, 7) is 8.36. The van der Waals surface area contributed by atoms with Crippen molar-refractivity contribution in [1.82, 2.24) is 10.3 Å². The molecule has 0 fully saturated rings. The van der Waals surface area contributed by atoms with Gasteiger partial charge in [0.1, 0.15) is 0 Å². The van der Waals surface area contributed by atoms with Crippen LogP contribution in [0.2, 0.25) is 5.02 Å². The number of amides is 2. The Labute approximate surface area is 229 Å². The molecular formula is C28H30ClN3O3S2. The van der Waals surface area contributed by atoms with Gasteiger partial charge in [-0.05, 0) is 73.6 Å². The molecule has 1 aliphatic rings. The third-order valence-electron chi connectivity index (χ3n) is 6.39. The van der Waals surface area contributed by atoms with E-state index in [4.69, 9.17) is 11.6 Å². The molecule has 1 aliphatic heterocycles. The molecule has 3 N–H and O–H groups in total. The number of H-pyrrole nitrogens is 1. The number of hydrogen-bond acceptors (Lipinski definition) is 4. The van der Waals surface area contributed by atoms with E-state index in [0.717, 1.165) is 33.9 Å². The van der Waals surface area contributed by atoms with E-state index in [2.05, 4.69) is 22.5 Å². The molecule has 2 amide bonds. The second-order valence-electron chi connectivity index (χ2n) is 8.86. The number of aryl methyl sites for hydroxylation is 2. The third-order valence-corrected chi connectivity index (χ3v) is 8.98. The molecule has 0 radical (unpaired) electrons. The molecule has 1 atom stereocenters. The molecule has 1 unspecified atom stereocenters. The number of halogens is 1. The summed E-state index contributed by atoms with van der Waals surface area (Å²) in [6.07, 6.45) is 1.76. The van der Waals surface area contributed by atoms with Gasteiger partial charge in [0.05, 0.1) is 27.7 Å². The van der Waals surface area contributed by atoms with E-state index < -0.39 is 10.8 Å². The summed E-state index contributed by atoms with van der Waals surface area (Å²) in [5.41, 5.74) is 6.45. The molecule has 0 aliphatic carbocycles. The van der Waals surface area contributed by atoms with E-state index in [9.17, 15) is 13.8 Å². The number of rotatable bonds is 9. The van der Waals surface area contributed by atoms with Gasteiger partial charge in [-0.2, -0.15) is 11.8 Å². The molecule has 0 bridgehead atoms. The summed E-state index contributed by atoms with van der Waals surface area (Å²) < 4.78 is 13.2. The van der Waals surface area contributed by atoms with E-state index in [1.165, 1.54) is 0 Å². The highest BCUT2D eigenvalue weighted by Gasteiger charge is 2.27. The smallest absolute Gasteiger partial charge is 0.256 e. The molecular weight excluding hydrogens is 526 g/mol. The monoisotopic (exact) mass is 555 g/mol. The highest BCUT2D eigenvalue weighted by atomic mass is 35.5. The maximum Gasteiger partial charge on any atom is 0.256 e. The number of fused-ring (bicyclic) bond motifs is 1. The van der Waals surface area contributed by atoms with Crippen molar-refractivity contribution >= 4 is 63.3 Å². The van der Waals surface area contributed by atoms with Gasteiger partial charge < -0.3 is 15.6 Å². The summed E-state index contributed by atoms with van der Waals surface area (Å²) in [5.74, 6) is 1.78. The Morgan fingerprint density at radius 3 is 2.70 bits per heavy atom. The van der Waals surface area contributed by atoms with Crippen LogP contribution in [-0.2, 0) is 21.3 Å². The molecule has 194 valence electrons. The van der Waals surface area contributed by atoms with E-state index in [-0.39, 0.29) is 17.6 Å². The number of anilines is 1. The van der Waals surface area contributed by atoms with Crippen LogP contribution in [0, 0.1) is 20.8 Å². The van der Waals surface area contributed by atoms with Gasteiger partial charge in [-0.25, -0.2) is 0 Å². The van der Waals surface area contributed by atoms with Crippen molar-refractivity contribution < 1.29 is 13.8 Å². The van der Waals surface area contributed by atoms with Gasteiger partial charge in [0, 0.05) is 44.9 Å². The number of carbonyl (C=O) groups is 2. The fourth-order valence-electron chi connectivity index (χ4n) is 4.39. The normalized spacial score (nSPS) is 14.5. The molecule has 0 saturated carbocycles. The maximum absolute atomic E-state index is 13.2. The molecule has 2 aromatic carbocycles. The SMILES string of the molecule is CCSCCNC(=O)c1c(C)[nH]c(/C=C2\C(=O)Nc3ccc(S(=O)Cc4c(C)cccc4Cl)cc32)c1C. The van der Waals surface area contributed by atoms with Gasteiger partial charge in [-0.3, -0.25) is 13.8 Å². The standard InChI is InChI=1S/C28H30ClN3O3S2/c1-5-36-12-11-30-28(34)26-17(3)25(31-18(26)4)14-21-20-13-19(9-10-24(20)32-27(21)33)37(35)15-22-16(2)7-6-8-23(22)29/h6-10,13-14,31H,5,11-12,15H2,1-4H3,(H,30,34)(H,32,33)/b21-14-. The van der Waals surface area contributed by atoms with Crippen molar-refractivity contribution in [1.29, 1.82) is 0 Å². The Balaban J connectivity index is 1.62. The molecule has 1 aromatic heterocycles. The van der Waals surface area contributed by atoms with Crippen LogP contribution in [0.5, 0.6) is 0 Å². The number of carbonyl (C=O) groups excluding carboxylic acids is 2. The van der Waals surface area contributed by atoms with Crippen molar-refractivity contribution in [2.24, 2.45) is 0 Å². The molecule has 4 rings (SSSR count). The van der Waals surface area contributed by atoms with Crippen LogP contribution in [0.1, 0.15) is 50.9 Å². The predicted molar refractivity (Wildman–Crippen MR) is 155 cm³/mol. The maximum atomic E-state index is 13.2. The first-order valence-corrected chi connectivity index (χ1v) is 14.9. The molecule has 6 nitrogen and oxygen atoms in total. The lowest BCUT2D eigenvalue weighted by Crippen LogP contribution is -2.26. The van der Waals surface area contributed by atoms with Gasteiger partial charge in [0.15, 0.2) is 0 Å². The minimum atomic E-state index is -1.35. The first kappa shape index (κ1) is 27.2. The highest BCUT2D eigenvalue weighted by molar-refractivity contribution is 7.99. The molecule has 9 heteroatoms. The first-order chi connectivity index (χ1) is 17.7. The minimum absolute atomic E-state index is 0.128. The van der Waals surface area contributed by atoms with Gasteiger partial charge in [-0.1, -0.05) is 30.7 Å². The highest BCUT2D eigenvalue weighted by Crippen LogP contribution is 2.36. The lowest BCUT2D eigenvalue weighted by atomic mass is 10.0. The van der Waals surface area contributed by atoms with Crippen molar-refractivity contribution in [3.05, 3.63) is 80.6 Å². The van der Waals surface area contributed by atoms with Gasteiger partial charge in [0.25, 0.3) is 11.8 Å². The zero-order chi connectivity index (χ0) is 26.7. The molecule has 2 heterocycles. The Morgan fingerprint density at radius 2 is 1.97 bits per heavy atom. The van der Waals surface area contributed by atoms with Crippen molar-refractivity contribution in [2.45, 2.75) is 38.3 Å². The minimum Gasteiger partial charge on any atom is -0.358 e. The summed E-state index contributed by atoms with van der Waals surface area (Å²) in [7, 11) is -1.35. The van der Waals surface area contributed by atoms with Gasteiger partial charge >= 0.3 is 0 Å². The summed E-state index contributed by atoms with van der Waals surface area (Å²) in [4.78, 5) is 29.5. The second-order valence-corrected chi connectivity index (χ2v) is 12.1. The van der Waals surface area contributed by atoms with Crippen LogP contribution in [-0.4, -0.2) is 39.1 Å². The van der Waals surface area contributed by atoms with Crippen molar-refractivity contribution in [3.63, 3.8) is 0 Å². The average molecular weight is 556 g/mol. The summed E-state index contributed by atoms with van der Waals surface area (Å²) in [6, 6.07) is 11.0. The lowest BCUT2D eigenvalue weighted by molar-refractivity contribution is -0.110. The average Bonchev–Trinajstić information content (AvgIpc) is 3.33. The first-order valence-electron chi connectivity index (χ1n) is 12.1. The van der Waals surface area contributed by atoms with Crippen LogP contribution in [0.4, 0.5) is 5.69 Å². The Kier molecular flexibility index (Phi) is 8.62. The van der Waals surface area contributed by atoms with Crippen LogP contribution < -0.4 is 10.6 Å². The largest absolute Gasteiger partial charge is 0.358 e. The van der Waals surface area contributed by atoms with Gasteiger partial charge in [-0.15, -0.1) is 0 Å². The fourth-order valence-corrected chi connectivity index (χ4v) is 6.57. The molecule has 0 saturated heterocycles. The Morgan fingerprint density at radius 1 is 1.19 bits per heavy atom.